The fourth-order valence-electron chi connectivity index (χ4n) is 1.63. The van der Waals surface area contributed by atoms with Gasteiger partial charge in [-0.05, 0) is 12.1 Å². The molecule has 3 N–H and O–H groups in total. The number of carboxylic acid groups (broad SMARTS) is 1. The van der Waals surface area contributed by atoms with E-state index in [0.29, 0.717) is 5.75 Å². The molecule has 1 heterocycles. The highest BCUT2D eigenvalue weighted by molar-refractivity contribution is 6.46. The van der Waals surface area contributed by atoms with E-state index in [2.05, 4.69) is 15.8 Å². The Hall–Kier alpha value is -2.90. The summed E-state index contributed by atoms with van der Waals surface area (Å²) in [5.41, 5.74) is 2.12. The number of nitrogens with one attached hydrogen (secondary N) is 2. The van der Waals surface area contributed by atoms with Crippen LogP contribution in [-0.4, -0.2) is 35.7 Å². The molecule has 1 aromatic rings. The van der Waals surface area contributed by atoms with E-state index in [1.807, 2.05) is 0 Å². The molecular formula is C12H11N3O5. The topological polar surface area (TPSA) is 117 Å². The van der Waals surface area contributed by atoms with E-state index in [4.69, 9.17) is 9.84 Å². The third kappa shape index (κ3) is 2.74. The highest BCUT2D eigenvalue weighted by Gasteiger charge is 2.23. The minimum Gasteiger partial charge on any atom is -0.497 e. The summed E-state index contributed by atoms with van der Waals surface area (Å²) >= 11 is 0. The van der Waals surface area contributed by atoms with Crippen LogP contribution in [0.3, 0.4) is 0 Å². The summed E-state index contributed by atoms with van der Waals surface area (Å²) in [6.07, 6.45) is -0.141. The molecule has 0 unspecified atom stereocenters. The lowest BCUT2D eigenvalue weighted by Crippen LogP contribution is -2.23. The van der Waals surface area contributed by atoms with Crippen molar-refractivity contribution in [3.63, 3.8) is 0 Å². The minimum atomic E-state index is -1.19. The summed E-state index contributed by atoms with van der Waals surface area (Å²) in [5.74, 6) is -1.82. The Morgan fingerprint density at radius 1 is 1.45 bits per heavy atom. The molecule has 0 saturated heterocycles. The van der Waals surface area contributed by atoms with Crippen LogP contribution in [0, 0.1) is 0 Å². The van der Waals surface area contributed by atoms with Crippen LogP contribution < -0.4 is 15.5 Å². The van der Waals surface area contributed by atoms with Crippen LogP contribution >= 0.6 is 0 Å². The number of hydrogen-bond donors (Lipinski definition) is 3. The maximum atomic E-state index is 11.9. The van der Waals surface area contributed by atoms with Gasteiger partial charge in [-0.2, -0.15) is 5.10 Å². The highest BCUT2D eigenvalue weighted by atomic mass is 16.5. The number of hydrazone groups is 1. The van der Waals surface area contributed by atoms with Crippen molar-refractivity contribution < 1.29 is 24.2 Å². The summed E-state index contributed by atoms with van der Waals surface area (Å²) in [4.78, 5) is 33.9. The van der Waals surface area contributed by atoms with E-state index in [9.17, 15) is 14.4 Å². The van der Waals surface area contributed by atoms with Gasteiger partial charge in [-0.3, -0.25) is 9.59 Å². The van der Waals surface area contributed by atoms with Gasteiger partial charge in [-0.15, -0.1) is 0 Å². The lowest BCUT2D eigenvalue weighted by molar-refractivity contribution is -0.119. The predicted octanol–water partition coefficient (Wildman–Crippen LogP) is 0.208. The first kappa shape index (κ1) is 13.5. The average molecular weight is 277 g/mol. The minimum absolute atomic E-state index is 0.00541. The normalized spacial score (nSPS) is 13.4. The van der Waals surface area contributed by atoms with Crippen LogP contribution in [0.4, 0.5) is 5.69 Å². The summed E-state index contributed by atoms with van der Waals surface area (Å²) in [5, 5.41) is 15.0. The van der Waals surface area contributed by atoms with E-state index in [0.717, 1.165) is 0 Å². The Morgan fingerprint density at radius 2 is 2.20 bits per heavy atom. The fourth-order valence-corrected chi connectivity index (χ4v) is 1.63. The standard InChI is InChI=1S/C12H11N3O5/c1-20-6-2-3-7(12(18)19)8(4-6)13-11(17)9-5-10(16)15-14-9/h2-4H,5H2,1H3,(H,13,17)(H,15,16)(H,18,19). The Balaban J connectivity index is 2.25. The van der Waals surface area contributed by atoms with Gasteiger partial charge in [-0.1, -0.05) is 0 Å². The monoisotopic (exact) mass is 277 g/mol. The largest absolute Gasteiger partial charge is 0.497 e. The van der Waals surface area contributed by atoms with Crippen molar-refractivity contribution in [2.45, 2.75) is 6.42 Å². The summed E-state index contributed by atoms with van der Waals surface area (Å²) in [7, 11) is 1.42. The van der Waals surface area contributed by atoms with Crippen molar-refractivity contribution in [3.8, 4) is 5.75 Å². The molecule has 2 amide bonds. The van der Waals surface area contributed by atoms with E-state index in [1.165, 1.54) is 25.3 Å². The molecule has 1 aromatic carbocycles. The molecule has 0 fully saturated rings. The molecule has 8 nitrogen and oxygen atoms in total. The smallest absolute Gasteiger partial charge is 0.337 e. The first-order valence-corrected chi connectivity index (χ1v) is 5.59. The number of benzene rings is 1. The number of carboxylic acids is 1. The van der Waals surface area contributed by atoms with Gasteiger partial charge in [0.05, 0.1) is 24.8 Å². The first-order chi connectivity index (χ1) is 9.51. The second-order valence-electron chi connectivity index (χ2n) is 3.94. The molecule has 20 heavy (non-hydrogen) atoms. The van der Waals surface area contributed by atoms with E-state index in [-0.39, 0.29) is 29.3 Å². The highest BCUT2D eigenvalue weighted by Crippen LogP contribution is 2.22. The second-order valence-corrected chi connectivity index (χ2v) is 3.94. The van der Waals surface area contributed by atoms with Crippen molar-refractivity contribution in [2.24, 2.45) is 5.10 Å². The van der Waals surface area contributed by atoms with Crippen molar-refractivity contribution in [1.82, 2.24) is 5.43 Å². The lowest BCUT2D eigenvalue weighted by atomic mass is 10.1. The molecule has 8 heteroatoms. The van der Waals surface area contributed by atoms with Crippen LogP contribution in [0.1, 0.15) is 16.8 Å². The van der Waals surface area contributed by atoms with Crippen LogP contribution in [0.2, 0.25) is 0 Å². The number of carbonyl (C=O) groups is 3. The Labute approximate surface area is 113 Å². The summed E-state index contributed by atoms with van der Waals surface area (Å²) in [6, 6.07) is 4.17. The Bertz CT molecular complexity index is 624. The number of anilines is 1. The number of aromatic carboxylic acids is 1. The molecule has 0 bridgehead atoms. The maximum Gasteiger partial charge on any atom is 0.337 e. The molecule has 0 spiro atoms. The molecule has 2 rings (SSSR count). The van der Waals surface area contributed by atoms with Gasteiger partial charge >= 0.3 is 5.97 Å². The van der Waals surface area contributed by atoms with Gasteiger partial charge in [0.25, 0.3) is 5.91 Å². The maximum absolute atomic E-state index is 11.9. The fraction of sp³-hybridized carbons (Fsp3) is 0.167. The molecule has 104 valence electrons. The van der Waals surface area contributed by atoms with Crippen molar-refractivity contribution >= 4 is 29.2 Å². The third-order valence-electron chi connectivity index (χ3n) is 2.61. The quantitative estimate of drug-likeness (QED) is 0.727. The van der Waals surface area contributed by atoms with Crippen LogP contribution in [-0.2, 0) is 9.59 Å². The third-order valence-corrected chi connectivity index (χ3v) is 2.61. The summed E-state index contributed by atoms with van der Waals surface area (Å²) in [6.45, 7) is 0. The zero-order chi connectivity index (χ0) is 14.7. The van der Waals surface area contributed by atoms with Crippen molar-refractivity contribution in [3.05, 3.63) is 23.8 Å². The molecule has 1 aliphatic rings. The van der Waals surface area contributed by atoms with Crippen molar-refractivity contribution in [2.75, 3.05) is 12.4 Å². The molecule has 1 aliphatic heterocycles. The number of nitrogens with zero attached hydrogens (tertiary/aromatic N) is 1. The number of ether oxygens (including phenoxy) is 1. The van der Waals surface area contributed by atoms with Gasteiger partial charge in [0.1, 0.15) is 11.5 Å². The number of carbonyl (C=O) groups excluding carboxylic acids is 2. The molecule has 0 aliphatic carbocycles. The molecule has 0 aromatic heterocycles. The zero-order valence-electron chi connectivity index (χ0n) is 10.5. The molecule has 0 saturated carbocycles. The average Bonchev–Trinajstić information content (AvgIpc) is 2.85. The number of amides is 2. The second kappa shape index (κ2) is 5.39. The Morgan fingerprint density at radius 3 is 2.75 bits per heavy atom. The van der Waals surface area contributed by atoms with Gasteiger partial charge in [0.15, 0.2) is 0 Å². The SMILES string of the molecule is COc1ccc(C(=O)O)c(NC(=O)C2=NNC(=O)C2)c1. The van der Waals surface area contributed by atoms with E-state index < -0.39 is 11.9 Å². The van der Waals surface area contributed by atoms with E-state index in [1.54, 1.807) is 0 Å². The predicted molar refractivity (Wildman–Crippen MR) is 68.8 cm³/mol. The molecule has 0 radical (unpaired) electrons. The van der Waals surface area contributed by atoms with E-state index >= 15 is 0 Å². The number of rotatable bonds is 4. The molecule has 0 atom stereocenters. The Kier molecular flexibility index (Phi) is 3.65. The van der Waals surface area contributed by atoms with Gasteiger partial charge in [0, 0.05) is 6.07 Å². The number of hydrogen-bond acceptors (Lipinski definition) is 5. The zero-order valence-corrected chi connectivity index (χ0v) is 10.5. The van der Waals surface area contributed by atoms with Crippen LogP contribution in [0.25, 0.3) is 0 Å². The van der Waals surface area contributed by atoms with Crippen LogP contribution in [0.15, 0.2) is 23.3 Å². The van der Waals surface area contributed by atoms with Crippen LogP contribution in [0.5, 0.6) is 5.75 Å². The van der Waals surface area contributed by atoms with Gasteiger partial charge in [0.2, 0.25) is 5.91 Å². The van der Waals surface area contributed by atoms with Gasteiger partial charge < -0.3 is 15.2 Å². The number of methoxy groups -OCH3 is 1. The lowest BCUT2D eigenvalue weighted by Gasteiger charge is -2.09. The van der Waals surface area contributed by atoms with Crippen molar-refractivity contribution in [1.29, 1.82) is 0 Å². The first-order valence-electron chi connectivity index (χ1n) is 5.59. The molecular weight excluding hydrogens is 266 g/mol. The summed E-state index contributed by atoms with van der Waals surface area (Å²) < 4.78 is 4.97. The van der Waals surface area contributed by atoms with Gasteiger partial charge in [-0.25, -0.2) is 10.2 Å².